The maximum Gasteiger partial charge on any atom is 0.186 e. The second kappa shape index (κ2) is 8.08. The number of methoxy groups -OCH3 is 2. The SMILES string of the molecule is CCN(c1nc(COC)c(CNC2CC2)s1)C(C)COC. The molecule has 0 aromatic carbocycles. The van der Waals surface area contributed by atoms with Gasteiger partial charge in [0.2, 0.25) is 0 Å². The molecule has 5 nitrogen and oxygen atoms in total. The summed E-state index contributed by atoms with van der Waals surface area (Å²) in [6.45, 7) is 7.45. The molecule has 1 N–H and O–H groups in total. The van der Waals surface area contributed by atoms with Crippen molar-refractivity contribution in [3.8, 4) is 0 Å². The summed E-state index contributed by atoms with van der Waals surface area (Å²) in [5.41, 5.74) is 1.06. The number of ether oxygens (including phenoxy) is 2. The van der Waals surface area contributed by atoms with Crippen molar-refractivity contribution >= 4 is 16.5 Å². The molecule has 1 saturated carbocycles. The van der Waals surface area contributed by atoms with Crippen molar-refractivity contribution in [1.29, 1.82) is 0 Å². The van der Waals surface area contributed by atoms with Crippen LogP contribution in [-0.4, -0.2) is 44.4 Å². The number of likely N-dealkylation sites (N-methyl/N-ethyl adjacent to an activating group) is 1. The summed E-state index contributed by atoms with van der Waals surface area (Å²) >= 11 is 1.77. The summed E-state index contributed by atoms with van der Waals surface area (Å²) in [6.07, 6.45) is 2.61. The molecule has 0 radical (unpaired) electrons. The molecule has 6 heteroatoms. The minimum absolute atomic E-state index is 0.325. The Labute approximate surface area is 131 Å². The van der Waals surface area contributed by atoms with Gasteiger partial charge >= 0.3 is 0 Å². The molecule has 1 fully saturated rings. The molecule has 1 unspecified atom stereocenters. The largest absolute Gasteiger partial charge is 0.383 e. The van der Waals surface area contributed by atoms with Gasteiger partial charge in [0.25, 0.3) is 0 Å². The highest BCUT2D eigenvalue weighted by atomic mass is 32.1. The van der Waals surface area contributed by atoms with Crippen molar-refractivity contribution in [3.63, 3.8) is 0 Å². The first-order chi connectivity index (χ1) is 10.2. The standard InChI is InChI=1S/C15H27N3O2S/c1-5-18(11(2)9-19-3)15-17-13(10-20-4)14(21-15)8-16-12-6-7-12/h11-12,16H,5-10H2,1-4H3. The molecule has 0 spiro atoms. The van der Waals surface area contributed by atoms with Crippen molar-refractivity contribution < 1.29 is 9.47 Å². The topological polar surface area (TPSA) is 46.6 Å². The molecule has 1 atom stereocenters. The van der Waals surface area contributed by atoms with E-state index in [0.29, 0.717) is 25.3 Å². The number of nitrogens with one attached hydrogen (secondary N) is 1. The van der Waals surface area contributed by atoms with Crippen LogP contribution in [0.3, 0.4) is 0 Å². The van der Waals surface area contributed by atoms with Gasteiger partial charge in [-0.1, -0.05) is 0 Å². The Bertz CT molecular complexity index is 435. The van der Waals surface area contributed by atoms with Gasteiger partial charge in [-0.05, 0) is 26.7 Å². The Balaban J connectivity index is 2.10. The highest BCUT2D eigenvalue weighted by Gasteiger charge is 2.23. The van der Waals surface area contributed by atoms with Crippen LogP contribution >= 0.6 is 11.3 Å². The minimum Gasteiger partial charge on any atom is -0.383 e. The Morgan fingerprint density at radius 3 is 2.71 bits per heavy atom. The van der Waals surface area contributed by atoms with Gasteiger partial charge in [0.05, 0.1) is 24.9 Å². The fourth-order valence-corrected chi connectivity index (χ4v) is 3.55. The molecule has 2 rings (SSSR count). The summed E-state index contributed by atoms with van der Waals surface area (Å²) in [4.78, 5) is 8.39. The van der Waals surface area contributed by atoms with E-state index in [2.05, 4.69) is 24.1 Å². The molecule has 0 aliphatic heterocycles. The lowest BCUT2D eigenvalue weighted by Gasteiger charge is -2.26. The Kier molecular flexibility index (Phi) is 6.41. The Hall–Kier alpha value is -0.690. The lowest BCUT2D eigenvalue weighted by molar-refractivity contribution is 0.179. The maximum atomic E-state index is 5.30. The third kappa shape index (κ3) is 4.64. The van der Waals surface area contributed by atoms with Crippen LogP contribution < -0.4 is 10.2 Å². The van der Waals surface area contributed by atoms with E-state index in [1.807, 2.05) is 0 Å². The van der Waals surface area contributed by atoms with Gasteiger partial charge in [0, 0.05) is 38.2 Å². The first-order valence-corrected chi connectivity index (χ1v) is 8.47. The summed E-state index contributed by atoms with van der Waals surface area (Å²) in [7, 11) is 3.47. The zero-order chi connectivity index (χ0) is 15.2. The number of hydrogen-bond acceptors (Lipinski definition) is 6. The molecule has 0 saturated heterocycles. The van der Waals surface area contributed by atoms with Crippen LogP contribution in [0.5, 0.6) is 0 Å². The Morgan fingerprint density at radius 2 is 2.14 bits per heavy atom. The number of aromatic nitrogens is 1. The van der Waals surface area contributed by atoms with E-state index in [-0.39, 0.29) is 0 Å². The minimum atomic E-state index is 0.325. The molecule has 21 heavy (non-hydrogen) atoms. The lowest BCUT2D eigenvalue weighted by Crippen LogP contribution is -2.36. The average Bonchev–Trinajstić information content (AvgIpc) is 3.21. The van der Waals surface area contributed by atoms with Crippen LogP contribution in [-0.2, 0) is 22.6 Å². The van der Waals surface area contributed by atoms with Crippen molar-refractivity contribution in [2.75, 3.05) is 32.3 Å². The maximum absolute atomic E-state index is 5.30. The van der Waals surface area contributed by atoms with E-state index in [1.165, 1.54) is 17.7 Å². The zero-order valence-electron chi connectivity index (χ0n) is 13.5. The fourth-order valence-electron chi connectivity index (χ4n) is 2.37. The molecular formula is C15H27N3O2S. The van der Waals surface area contributed by atoms with Crippen molar-refractivity contribution in [2.45, 2.75) is 51.9 Å². The average molecular weight is 313 g/mol. The van der Waals surface area contributed by atoms with E-state index < -0.39 is 0 Å². The van der Waals surface area contributed by atoms with Gasteiger partial charge in [0.1, 0.15) is 0 Å². The number of anilines is 1. The molecule has 0 amide bonds. The quantitative estimate of drug-likeness (QED) is 0.719. The third-order valence-electron chi connectivity index (χ3n) is 3.70. The molecule has 1 heterocycles. The second-order valence-corrected chi connectivity index (χ2v) is 6.61. The van der Waals surface area contributed by atoms with E-state index in [1.54, 1.807) is 25.6 Å². The van der Waals surface area contributed by atoms with Crippen molar-refractivity contribution in [1.82, 2.24) is 10.3 Å². The highest BCUT2D eigenvalue weighted by Crippen LogP contribution is 2.29. The van der Waals surface area contributed by atoms with E-state index in [0.717, 1.165) is 23.9 Å². The van der Waals surface area contributed by atoms with Crippen LogP contribution in [0.15, 0.2) is 0 Å². The smallest absolute Gasteiger partial charge is 0.186 e. The monoisotopic (exact) mass is 313 g/mol. The van der Waals surface area contributed by atoms with E-state index in [4.69, 9.17) is 14.5 Å². The Morgan fingerprint density at radius 1 is 1.38 bits per heavy atom. The first-order valence-electron chi connectivity index (χ1n) is 7.66. The molecule has 1 aliphatic rings. The molecular weight excluding hydrogens is 286 g/mol. The number of rotatable bonds is 10. The summed E-state index contributed by atoms with van der Waals surface area (Å²) in [6, 6.07) is 1.03. The van der Waals surface area contributed by atoms with Crippen LogP contribution in [0, 0.1) is 0 Å². The van der Waals surface area contributed by atoms with Crippen LogP contribution in [0.25, 0.3) is 0 Å². The number of nitrogens with zero attached hydrogens (tertiary/aromatic N) is 2. The van der Waals surface area contributed by atoms with Gasteiger partial charge in [-0.3, -0.25) is 0 Å². The summed E-state index contributed by atoms with van der Waals surface area (Å²) in [5, 5.41) is 4.64. The normalized spacial score (nSPS) is 16.2. The zero-order valence-corrected chi connectivity index (χ0v) is 14.3. The van der Waals surface area contributed by atoms with Crippen molar-refractivity contribution in [2.24, 2.45) is 0 Å². The van der Waals surface area contributed by atoms with Crippen LogP contribution in [0.1, 0.15) is 37.3 Å². The number of hydrogen-bond donors (Lipinski definition) is 1. The third-order valence-corrected chi connectivity index (χ3v) is 4.84. The van der Waals surface area contributed by atoms with Gasteiger partial charge in [-0.25, -0.2) is 4.98 Å². The van der Waals surface area contributed by atoms with Gasteiger partial charge < -0.3 is 19.7 Å². The first kappa shape index (κ1) is 16.7. The molecule has 0 bridgehead atoms. The van der Waals surface area contributed by atoms with Gasteiger partial charge in [0.15, 0.2) is 5.13 Å². The predicted molar refractivity (Wildman–Crippen MR) is 87.0 cm³/mol. The number of thiazole rings is 1. The fraction of sp³-hybridized carbons (Fsp3) is 0.800. The van der Waals surface area contributed by atoms with Crippen LogP contribution in [0.4, 0.5) is 5.13 Å². The lowest BCUT2D eigenvalue weighted by atomic mass is 10.3. The van der Waals surface area contributed by atoms with Crippen LogP contribution in [0.2, 0.25) is 0 Å². The van der Waals surface area contributed by atoms with E-state index >= 15 is 0 Å². The predicted octanol–water partition coefficient (Wildman–Crippen LogP) is 2.40. The summed E-state index contributed by atoms with van der Waals surface area (Å²) < 4.78 is 10.6. The van der Waals surface area contributed by atoms with Gasteiger partial charge in [-0.15, -0.1) is 11.3 Å². The molecule has 120 valence electrons. The van der Waals surface area contributed by atoms with E-state index in [9.17, 15) is 0 Å². The highest BCUT2D eigenvalue weighted by molar-refractivity contribution is 7.15. The molecule has 1 aromatic heterocycles. The second-order valence-electron chi connectivity index (χ2n) is 5.54. The molecule has 1 aromatic rings. The summed E-state index contributed by atoms with van der Waals surface area (Å²) in [5.74, 6) is 0. The molecule has 1 aliphatic carbocycles. The van der Waals surface area contributed by atoms with Crippen molar-refractivity contribution in [3.05, 3.63) is 10.6 Å². The van der Waals surface area contributed by atoms with Gasteiger partial charge in [-0.2, -0.15) is 0 Å².